The number of carbonyl (C=O) groups is 1. The van der Waals surface area contributed by atoms with E-state index in [4.69, 9.17) is 23.2 Å². The molecule has 3 nitrogen and oxygen atoms in total. The second-order valence-electron chi connectivity index (χ2n) is 7.07. The number of hydrogen-bond acceptors (Lipinski definition) is 2. The summed E-state index contributed by atoms with van der Waals surface area (Å²) in [4.78, 5) is 15.0. The highest BCUT2D eigenvalue weighted by Gasteiger charge is 2.23. The normalized spacial score (nSPS) is 12.2. The van der Waals surface area contributed by atoms with Gasteiger partial charge in [-0.2, -0.15) is 0 Å². The quantitative estimate of drug-likeness (QED) is 0.523. The molecule has 0 aliphatic rings. The van der Waals surface area contributed by atoms with Gasteiger partial charge in [0.25, 0.3) is 0 Å². The summed E-state index contributed by atoms with van der Waals surface area (Å²) in [5, 5.41) is 4.25. The Balaban J connectivity index is 1.76. The summed E-state index contributed by atoms with van der Waals surface area (Å²) >= 11 is 12.4. The highest BCUT2D eigenvalue weighted by Crippen LogP contribution is 2.27. The minimum atomic E-state index is -0.347. The van der Waals surface area contributed by atoms with E-state index >= 15 is 0 Å². The zero-order chi connectivity index (χ0) is 20.8. The number of likely N-dealkylation sites (N-methyl/N-ethyl adjacent to an activating group) is 1. The van der Waals surface area contributed by atoms with Crippen LogP contribution in [0.3, 0.4) is 0 Å². The molecule has 0 saturated heterocycles. The maximum absolute atomic E-state index is 13.1. The smallest absolute Gasteiger partial charge is 0.237 e. The van der Waals surface area contributed by atoms with Gasteiger partial charge in [0.2, 0.25) is 5.91 Å². The largest absolute Gasteiger partial charge is 0.344 e. The molecule has 1 amide bonds. The van der Waals surface area contributed by atoms with Gasteiger partial charge in [0, 0.05) is 6.54 Å². The molecule has 0 radical (unpaired) electrons. The molecule has 3 rings (SSSR count). The molecule has 0 heterocycles. The Hall–Kier alpha value is -2.33. The number of carbonyl (C=O) groups excluding carboxylic acids is 1. The highest BCUT2D eigenvalue weighted by atomic mass is 35.5. The van der Waals surface area contributed by atoms with Crippen molar-refractivity contribution in [2.45, 2.75) is 25.6 Å². The molecule has 0 saturated carbocycles. The van der Waals surface area contributed by atoms with Crippen molar-refractivity contribution < 1.29 is 4.79 Å². The summed E-state index contributed by atoms with van der Waals surface area (Å²) in [5.74, 6) is -0.0524. The summed E-state index contributed by atoms with van der Waals surface area (Å²) in [7, 11) is 1.90. The van der Waals surface area contributed by atoms with Gasteiger partial charge in [-0.05, 0) is 36.7 Å². The van der Waals surface area contributed by atoms with Crippen molar-refractivity contribution in [3.63, 3.8) is 0 Å². The molecule has 150 valence electrons. The van der Waals surface area contributed by atoms with Crippen LogP contribution in [0, 0.1) is 0 Å². The zero-order valence-electron chi connectivity index (χ0n) is 16.5. The van der Waals surface area contributed by atoms with Gasteiger partial charge in [0.15, 0.2) is 0 Å². The molecule has 1 atom stereocenters. The first-order chi connectivity index (χ1) is 14.0. The average Bonchev–Trinajstić information content (AvgIpc) is 2.75. The molecule has 0 fully saturated rings. The van der Waals surface area contributed by atoms with Gasteiger partial charge >= 0.3 is 0 Å². The fraction of sp³-hybridized carbons (Fsp3) is 0.208. The van der Waals surface area contributed by atoms with Gasteiger partial charge in [-0.1, -0.05) is 96.0 Å². The summed E-state index contributed by atoms with van der Waals surface area (Å²) in [6, 6.07) is 25.0. The minimum Gasteiger partial charge on any atom is -0.344 e. The van der Waals surface area contributed by atoms with Crippen LogP contribution in [0.25, 0.3) is 0 Å². The first kappa shape index (κ1) is 21.4. The standard InChI is InChI=1S/C24H24Cl2N2O/c1-17(28(2)16-20-14-9-15-21(25)22(20)26)24(29)27-23(18-10-5-3-6-11-18)19-12-7-4-8-13-19/h3-15,17,23H,16H2,1-2H3,(H,27,29). The van der Waals surface area contributed by atoms with Gasteiger partial charge in [-0.3, -0.25) is 9.69 Å². The van der Waals surface area contributed by atoms with Crippen LogP contribution in [-0.4, -0.2) is 23.9 Å². The van der Waals surface area contributed by atoms with E-state index in [9.17, 15) is 4.79 Å². The van der Waals surface area contributed by atoms with Crippen LogP contribution in [0.15, 0.2) is 78.9 Å². The van der Waals surface area contributed by atoms with Crippen LogP contribution >= 0.6 is 23.2 Å². The Morgan fingerprint density at radius 3 is 2.00 bits per heavy atom. The lowest BCUT2D eigenvalue weighted by molar-refractivity contribution is -0.126. The number of nitrogens with one attached hydrogen (secondary N) is 1. The maximum Gasteiger partial charge on any atom is 0.237 e. The fourth-order valence-electron chi connectivity index (χ4n) is 3.19. The summed E-state index contributed by atoms with van der Waals surface area (Å²) < 4.78 is 0. The Morgan fingerprint density at radius 2 is 1.45 bits per heavy atom. The molecular weight excluding hydrogens is 403 g/mol. The number of amides is 1. The third-order valence-electron chi connectivity index (χ3n) is 5.04. The van der Waals surface area contributed by atoms with Gasteiger partial charge < -0.3 is 5.32 Å². The van der Waals surface area contributed by atoms with E-state index in [0.717, 1.165) is 16.7 Å². The van der Waals surface area contributed by atoms with Crippen molar-refractivity contribution in [2.24, 2.45) is 0 Å². The molecule has 29 heavy (non-hydrogen) atoms. The van der Waals surface area contributed by atoms with E-state index in [1.54, 1.807) is 6.07 Å². The predicted molar refractivity (Wildman–Crippen MR) is 120 cm³/mol. The van der Waals surface area contributed by atoms with Gasteiger partial charge in [0.1, 0.15) is 0 Å². The fourth-order valence-corrected chi connectivity index (χ4v) is 3.57. The summed E-state index contributed by atoms with van der Waals surface area (Å²) in [6.07, 6.45) is 0. The number of rotatable bonds is 7. The molecule has 0 aromatic heterocycles. The van der Waals surface area contributed by atoms with Crippen LogP contribution in [0.4, 0.5) is 0 Å². The first-order valence-corrected chi connectivity index (χ1v) is 10.3. The van der Waals surface area contributed by atoms with Gasteiger partial charge in [-0.15, -0.1) is 0 Å². The second kappa shape index (κ2) is 9.93. The van der Waals surface area contributed by atoms with Gasteiger partial charge in [-0.25, -0.2) is 0 Å². The van der Waals surface area contributed by atoms with E-state index in [0.29, 0.717) is 16.6 Å². The first-order valence-electron chi connectivity index (χ1n) is 9.50. The lowest BCUT2D eigenvalue weighted by Crippen LogP contribution is -2.44. The lowest BCUT2D eigenvalue weighted by Gasteiger charge is -2.27. The van der Waals surface area contributed by atoms with Gasteiger partial charge in [0.05, 0.1) is 22.1 Å². The molecular formula is C24H24Cl2N2O. The van der Waals surface area contributed by atoms with Crippen LogP contribution < -0.4 is 5.32 Å². The molecule has 0 aliphatic carbocycles. The molecule has 5 heteroatoms. The molecule has 0 spiro atoms. The lowest BCUT2D eigenvalue weighted by atomic mass is 9.98. The van der Waals surface area contributed by atoms with Crippen molar-refractivity contribution in [1.29, 1.82) is 0 Å². The number of hydrogen-bond donors (Lipinski definition) is 1. The minimum absolute atomic E-state index is 0.0524. The SMILES string of the molecule is CC(C(=O)NC(c1ccccc1)c1ccccc1)N(C)Cc1cccc(Cl)c1Cl. The molecule has 1 N–H and O–H groups in total. The monoisotopic (exact) mass is 426 g/mol. The number of nitrogens with zero attached hydrogens (tertiary/aromatic N) is 1. The topological polar surface area (TPSA) is 32.3 Å². The summed E-state index contributed by atoms with van der Waals surface area (Å²) in [6.45, 7) is 2.41. The highest BCUT2D eigenvalue weighted by molar-refractivity contribution is 6.42. The maximum atomic E-state index is 13.1. The van der Waals surface area contributed by atoms with E-state index < -0.39 is 0 Å². The van der Waals surface area contributed by atoms with E-state index in [2.05, 4.69) is 5.32 Å². The third kappa shape index (κ3) is 5.39. The van der Waals surface area contributed by atoms with Crippen molar-refractivity contribution in [3.05, 3.63) is 106 Å². The molecule has 3 aromatic carbocycles. The van der Waals surface area contributed by atoms with Crippen molar-refractivity contribution in [1.82, 2.24) is 10.2 Å². The second-order valence-corrected chi connectivity index (χ2v) is 7.85. The molecule has 0 aliphatic heterocycles. The number of benzene rings is 3. The Labute approximate surface area is 182 Å². The van der Waals surface area contributed by atoms with Crippen LogP contribution in [-0.2, 0) is 11.3 Å². The summed E-state index contributed by atoms with van der Waals surface area (Å²) in [5.41, 5.74) is 2.98. The number of halogens is 2. The van der Waals surface area contributed by atoms with E-state index in [1.165, 1.54) is 0 Å². The zero-order valence-corrected chi connectivity index (χ0v) is 18.0. The third-order valence-corrected chi connectivity index (χ3v) is 5.90. The van der Waals surface area contributed by atoms with Crippen LogP contribution in [0.2, 0.25) is 10.0 Å². The molecule has 3 aromatic rings. The van der Waals surface area contributed by atoms with Crippen molar-refractivity contribution >= 4 is 29.1 Å². The Kier molecular flexibility index (Phi) is 7.32. The van der Waals surface area contributed by atoms with Crippen molar-refractivity contribution in [2.75, 3.05) is 7.05 Å². The molecule has 0 bridgehead atoms. The Morgan fingerprint density at radius 1 is 0.897 bits per heavy atom. The van der Waals surface area contributed by atoms with Crippen LogP contribution in [0.1, 0.15) is 29.7 Å². The van der Waals surface area contributed by atoms with Crippen molar-refractivity contribution in [3.8, 4) is 0 Å². The average molecular weight is 427 g/mol. The predicted octanol–water partition coefficient (Wildman–Crippen LogP) is 5.72. The van der Waals surface area contributed by atoms with E-state index in [1.807, 2.05) is 91.7 Å². The Bertz CT molecular complexity index is 908. The molecule has 1 unspecified atom stereocenters. The van der Waals surface area contributed by atoms with Crippen LogP contribution in [0.5, 0.6) is 0 Å². The van der Waals surface area contributed by atoms with E-state index in [-0.39, 0.29) is 18.0 Å².